The number of thioether (sulfide) groups is 1. The van der Waals surface area contributed by atoms with E-state index in [-0.39, 0.29) is 11.8 Å². The zero-order valence-corrected chi connectivity index (χ0v) is 15.3. The normalized spacial score (nSPS) is 14.8. The van der Waals surface area contributed by atoms with Crippen molar-refractivity contribution in [1.29, 1.82) is 0 Å². The lowest BCUT2D eigenvalue weighted by atomic mass is 10.2. The van der Waals surface area contributed by atoms with E-state index in [1.165, 1.54) is 0 Å². The van der Waals surface area contributed by atoms with Gasteiger partial charge in [0.1, 0.15) is 0 Å². The molecule has 4 nitrogen and oxygen atoms in total. The fourth-order valence-electron chi connectivity index (χ4n) is 2.28. The van der Waals surface area contributed by atoms with Crippen LogP contribution in [0.2, 0.25) is 0 Å². The molecule has 1 fully saturated rings. The quantitative estimate of drug-likeness (QED) is 0.410. The van der Waals surface area contributed by atoms with E-state index in [4.69, 9.17) is 0 Å². The zero-order chi connectivity index (χ0) is 15.9. The van der Waals surface area contributed by atoms with Gasteiger partial charge in [0.2, 0.25) is 5.91 Å². The predicted molar refractivity (Wildman–Crippen MR) is 99.2 cm³/mol. The van der Waals surface area contributed by atoms with Gasteiger partial charge in [-0.05, 0) is 34.7 Å². The number of hydrogen-bond acceptors (Lipinski definition) is 3. The molecule has 0 aliphatic carbocycles. The summed E-state index contributed by atoms with van der Waals surface area (Å²) < 4.78 is 0.962. The molecule has 1 aromatic rings. The van der Waals surface area contributed by atoms with Gasteiger partial charge in [-0.1, -0.05) is 18.2 Å². The third-order valence-corrected chi connectivity index (χ3v) is 5.35. The first-order valence-electron chi connectivity index (χ1n) is 7.13. The van der Waals surface area contributed by atoms with Gasteiger partial charge in [0.05, 0.1) is 11.3 Å². The van der Waals surface area contributed by atoms with E-state index in [0.29, 0.717) is 31.9 Å². The fraction of sp³-hybridized carbons (Fsp3) is 0.375. The van der Waals surface area contributed by atoms with Crippen LogP contribution in [0.3, 0.4) is 0 Å². The topological polar surface area (TPSA) is 40.6 Å². The van der Waals surface area contributed by atoms with E-state index < -0.39 is 0 Å². The van der Waals surface area contributed by atoms with Gasteiger partial charge in [-0.25, -0.2) is 0 Å². The highest BCUT2D eigenvalue weighted by Crippen LogP contribution is 2.16. The van der Waals surface area contributed by atoms with E-state index in [1.54, 1.807) is 17.8 Å². The molecule has 2 amide bonds. The SMILES string of the molecule is C=CCSCC(=O)N1CCN(C(=O)c2ccccc2I)CC1. The van der Waals surface area contributed by atoms with E-state index in [9.17, 15) is 9.59 Å². The first-order chi connectivity index (χ1) is 10.6. The van der Waals surface area contributed by atoms with Gasteiger partial charge in [0, 0.05) is 35.5 Å². The molecule has 22 heavy (non-hydrogen) atoms. The fourth-order valence-corrected chi connectivity index (χ4v) is 3.54. The molecule has 0 bridgehead atoms. The third kappa shape index (κ3) is 4.49. The highest BCUT2D eigenvalue weighted by atomic mass is 127. The Hall–Kier alpha value is -1.02. The van der Waals surface area contributed by atoms with Crippen LogP contribution in [-0.4, -0.2) is 59.3 Å². The second-order valence-electron chi connectivity index (χ2n) is 4.96. The van der Waals surface area contributed by atoms with Crippen molar-refractivity contribution in [2.75, 3.05) is 37.7 Å². The van der Waals surface area contributed by atoms with Crippen molar-refractivity contribution in [3.05, 3.63) is 46.1 Å². The Morgan fingerprint density at radius 2 is 1.82 bits per heavy atom. The molecule has 0 atom stereocenters. The number of hydrogen-bond donors (Lipinski definition) is 0. The van der Waals surface area contributed by atoms with Crippen LogP contribution in [0.1, 0.15) is 10.4 Å². The molecule has 1 saturated heterocycles. The summed E-state index contributed by atoms with van der Waals surface area (Å²) in [4.78, 5) is 28.2. The second-order valence-corrected chi connectivity index (χ2v) is 7.15. The lowest BCUT2D eigenvalue weighted by Gasteiger charge is -2.35. The molecule has 6 heteroatoms. The first kappa shape index (κ1) is 17.3. The van der Waals surface area contributed by atoms with Crippen LogP contribution in [0.5, 0.6) is 0 Å². The van der Waals surface area contributed by atoms with Crippen molar-refractivity contribution < 1.29 is 9.59 Å². The van der Waals surface area contributed by atoms with Crippen molar-refractivity contribution in [1.82, 2.24) is 9.80 Å². The number of piperazine rings is 1. The second kappa shape index (κ2) is 8.57. The summed E-state index contributed by atoms with van der Waals surface area (Å²) in [5, 5.41) is 0. The molecule has 1 aromatic carbocycles. The van der Waals surface area contributed by atoms with Crippen LogP contribution in [0.15, 0.2) is 36.9 Å². The molecule has 2 rings (SSSR count). The number of benzene rings is 1. The average molecular weight is 430 g/mol. The van der Waals surface area contributed by atoms with Gasteiger partial charge in [-0.2, -0.15) is 0 Å². The van der Waals surface area contributed by atoms with Gasteiger partial charge in [0.25, 0.3) is 5.91 Å². The molecule has 0 radical (unpaired) electrons. The molecule has 118 valence electrons. The standard InChI is InChI=1S/C16H19IN2O2S/c1-2-11-22-12-15(20)18-7-9-19(10-8-18)16(21)13-5-3-4-6-14(13)17/h2-6H,1,7-12H2. The molecule has 0 aromatic heterocycles. The Bertz CT molecular complexity index is 557. The molecular formula is C16H19IN2O2S. The van der Waals surface area contributed by atoms with Crippen molar-refractivity contribution in [2.24, 2.45) is 0 Å². The minimum atomic E-state index is 0.0538. The Morgan fingerprint density at radius 3 is 2.45 bits per heavy atom. The molecule has 1 heterocycles. The smallest absolute Gasteiger partial charge is 0.255 e. The van der Waals surface area contributed by atoms with E-state index in [1.807, 2.05) is 34.1 Å². The van der Waals surface area contributed by atoms with Gasteiger partial charge in [-0.15, -0.1) is 18.3 Å². The van der Waals surface area contributed by atoms with Crippen LogP contribution in [0.25, 0.3) is 0 Å². The number of carbonyl (C=O) groups excluding carboxylic acids is 2. The van der Waals surface area contributed by atoms with Crippen LogP contribution < -0.4 is 0 Å². The predicted octanol–water partition coefficient (Wildman–Crippen LogP) is 2.49. The minimum Gasteiger partial charge on any atom is -0.338 e. The summed E-state index contributed by atoms with van der Waals surface area (Å²) in [6, 6.07) is 7.60. The van der Waals surface area contributed by atoms with E-state index >= 15 is 0 Å². The Kier molecular flexibility index (Phi) is 6.75. The van der Waals surface area contributed by atoms with Crippen LogP contribution in [0, 0.1) is 3.57 Å². The molecule has 1 aliphatic rings. The summed E-state index contributed by atoms with van der Waals surface area (Å²) >= 11 is 3.75. The van der Waals surface area contributed by atoms with Gasteiger partial charge >= 0.3 is 0 Å². The van der Waals surface area contributed by atoms with E-state index in [0.717, 1.165) is 14.9 Å². The summed E-state index contributed by atoms with van der Waals surface area (Å²) in [5.74, 6) is 1.47. The Balaban J connectivity index is 1.87. The average Bonchev–Trinajstić information content (AvgIpc) is 2.55. The zero-order valence-electron chi connectivity index (χ0n) is 12.3. The maximum absolute atomic E-state index is 12.5. The maximum atomic E-state index is 12.5. The van der Waals surface area contributed by atoms with E-state index in [2.05, 4.69) is 29.2 Å². The number of amides is 2. The van der Waals surface area contributed by atoms with Crippen LogP contribution in [-0.2, 0) is 4.79 Å². The Morgan fingerprint density at radius 1 is 1.18 bits per heavy atom. The monoisotopic (exact) mass is 430 g/mol. The number of nitrogens with zero attached hydrogens (tertiary/aromatic N) is 2. The molecule has 0 spiro atoms. The van der Waals surface area contributed by atoms with Gasteiger partial charge < -0.3 is 9.80 Å². The Labute approximate surface area is 149 Å². The lowest BCUT2D eigenvalue weighted by Crippen LogP contribution is -2.51. The number of halogens is 1. The first-order valence-corrected chi connectivity index (χ1v) is 9.37. The van der Waals surface area contributed by atoms with Gasteiger partial charge in [-0.3, -0.25) is 9.59 Å². The maximum Gasteiger partial charge on any atom is 0.255 e. The molecule has 0 saturated carbocycles. The van der Waals surface area contributed by atoms with Crippen LogP contribution in [0.4, 0.5) is 0 Å². The summed E-state index contributed by atoms with van der Waals surface area (Å²) in [6.45, 7) is 6.07. The molecule has 0 unspecified atom stereocenters. The minimum absolute atomic E-state index is 0.0538. The highest BCUT2D eigenvalue weighted by molar-refractivity contribution is 14.1. The molecule has 0 N–H and O–H groups in total. The van der Waals surface area contributed by atoms with Crippen molar-refractivity contribution in [3.8, 4) is 0 Å². The number of carbonyl (C=O) groups is 2. The summed E-state index contributed by atoms with van der Waals surface area (Å²) in [7, 11) is 0. The largest absolute Gasteiger partial charge is 0.338 e. The highest BCUT2D eigenvalue weighted by Gasteiger charge is 2.25. The van der Waals surface area contributed by atoms with Crippen molar-refractivity contribution in [3.63, 3.8) is 0 Å². The summed E-state index contributed by atoms with van der Waals surface area (Å²) in [6.07, 6.45) is 1.80. The summed E-state index contributed by atoms with van der Waals surface area (Å²) in [5.41, 5.74) is 0.740. The van der Waals surface area contributed by atoms with Crippen molar-refractivity contribution in [2.45, 2.75) is 0 Å². The lowest BCUT2D eigenvalue weighted by molar-refractivity contribution is -0.129. The number of rotatable bonds is 5. The van der Waals surface area contributed by atoms with Crippen molar-refractivity contribution >= 4 is 46.2 Å². The molecular weight excluding hydrogens is 411 g/mol. The molecule has 1 aliphatic heterocycles. The van der Waals surface area contributed by atoms with Crippen LogP contribution >= 0.6 is 34.4 Å². The van der Waals surface area contributed by atoms with Gasteiger partial charge in [0.15, 0.2) is 0 Å². The third-order valence-electron chi connectivity index (χ3n) is 3.49.